The molecule has 16 heavy (non-hydrogen) atoms. The maximum absolute atomic E-state index is 5.02. The van der Waals surface area contributed by atoms with Crippen molar-refractivity contribution in [2.75, 3.05) is 13.1 Å². The summed E-state index contributed by atoms with van der Waals surface area (Å²) in [7, 11) is 0. The Morgan fingerprint density at radius 1 is 1.38 bits per heavy atom. The minimum absolute atomic E-state index is 0. The van der Waals surface area contributed by atoms with Gasteiger partial charge in [0, 0.05) is 25.2 Å². The zero-order valence-corrected chi connectivity index (χ0v) is 10.1. The molecule has 1 unspecified atom stereocenters. The Balaban J connectivity index is 0.000000963. The molecule has 1 atom stereocenters. The molecule has 1 saturated carbocycles. The van der Waals surface area contributed by atoms with Crippen molar-refractivity contribution in [1.29, 1.82) is 0 Å². The molecule has 1 N–H and O–H groups in total. The lowest BCUT2D eigenvalue weighted by Crippen LogP contribution is -2.38. The van der Waals surface area contributed by atoms with Gasteiger partial charge in [-0.3, -0.25) is 4.90 Å². The summed E-state index contributed by atoms with van der Waals surface area (Å²) in [5.41, 5.74) is 1.06. The molecule has 1 aromatic rings. The summed E-state index contributed by atoms with van der Waals surface area (Å²) < 4.78 is 5.02. The Morgan fingerprint density at radius 3 is 2.81 bits per heavy atom. The summed E-state index contributed by atoms with van der Waals surface area (Å²) >= 11 is 0. The molecular weight excluding hydrogens is 226 g/mol. The molecule has 0 amide bonds. The molecule has 1 aromatic heterocycles. The van der Waals surface area contributed by atoms with E-state index in [4.69, 9.17) is 4.42 Å². The topological polar surface area (TPSA) is 41.3 Å². The highest BCUT2D eigenvalue weighted by Crippen LogP contribution is 2.31. The van der Waals surface area contributed by atoms with Crippen LogP contribution in [0.5, 0.6) is 0 Å². The Kier molecular flexibility index (Phi) is 3.84. The SMILES string of the molecule is Cl.c1nc(CN(C2CC2)C2CCNC2)co1. The molecule has 4 nitrogen and oxygen atoms in total. The summed E-state index contributed by atoms with van der Waals surface area (Å²) in [4.78, 5) is 6.80. The number of aromatic nitrogens is 1. The highest BCUT2D eigenvalue weighted by molar-refractivity contribution is 5.85. The van der Waals surface area contributed by atoms with Crippen molar-refractivity contribution >= 4 is 12.4 Å². The molecule has 1 saturated heterocycles. The summed E-state index contributed by atoms with van der Waals surface area (Å²) in [6.45, 7) is 3.24. The summed E-state index contributed by atoms with van der Waals surface area (Å²) in [5, 5.41) is 3.43. The van der Waals surface area contributed by atoms with Crippen LogP contribution in [0.25, 0.3) is 0 Å². The van der Waals surface area contributed by atoms with Crippen LogP contribution in [0.4, 0.5) is 0 Å². The maximum atomic E-state index is 5.02. The van der Waals surface area contributed by atoms with Gasteiger partial charge in [0.05, 0.1) is 5.69 Å². The number of nitrogens with zero attached hydrogens (tertiary/aromatic N) is 2. The highest BCUT2D eigenvalue weighted by atomic mass is 35.5. The van der Waals surface area contributed by atoms with E-state index in [0.717, 1.165) is 31.4 Å². The van der Waals surface area contributed by atoms with E-state index < -0.39 is 0 Å². The summed E-state index contributed by atoms with van der Waals surface area (Å²) in [6, 6.07) is 1.50. The van der Waals surface area contributed by atoms with E-state index in [-0.39, 0.29) is 12.4 Å². The van der Waals surface area contributed by atoms with Crippen molar-refractivity contribution in [3.63, 3.8) is 0 Å². The highest BCUT2D eigenvalue weighted by Gasteiger charge is 2.35. The van der Waals surface area contributed by atoms with Gasteiger partial charge < -0.3 is 9.73 Å². The average molecular weight is 244 g/mol. The number of rotatable bonds is 4. The predicted octanol–water partition coefficient (Wildman–Crippen LogP) is 1.42. The number of nitrogens with one attached hydrogen (secondary N) is 1. The van der Waals surface area contributed by atoms with E-state index in [1.54, 1.807) is 6.26 Å². The van der Waals surface area contributed by atoms with Crippen LogP contribution in [0, 0.1) is 0 Å². The fourth-order valence-electron chi connectivity index (χ4n) is 2.39. The zero-order valence-electron chi connectivity index (χ0n) is 9.26. The van der Waals surface area contributed by atoms with Gasteiger partial charge in [-0.05, 0) is 25.8 Å². The molecule has 2 aliphatic rings. The summed E-state index contributed by atoms with van der Waals surface area (Å²) in [5.74, 6) is 0. The number of oxazole rings is 1. The number of hydrogen-bond acceptors (Lipinski definition) is 4. The van der Waals surface area contributed by atoms with Crippen molar-refractivity contribution in [2.24, 2.45) is 0 Å². The Morgan fingerprint density at radius 2 is 2.25 bits per heavy atom. The van der Waals surface area contributed by atoms with Gasteiger partial charge in [0.15, 0.2) is 6.39 Å². The summed E-state index contributed by atoms with van der Waals surface area (Å²) in [6.07, 6.45) is 7.27. The van der Waals surface area contributed by atoms with Gasteiger partial charge >= 0.3 is 0 Å². The first-order valence-electron chi connectivity index (χ1n) is 5.77. The minimum atomic E-state index is 0. The lowest BCUT2D eigenvalue weighted by molar-refractivity contribution is 0.186. The normalized spacial score (nSPS) is 24.7. The third-order valence-electron chi connectivity index (χ3n) is 3.35. The van der Waals surface area contributed by atoms with Crippen LogP contribution >= 0.6 is 12.4 Å². The minimum Gasteiger partial charge on any atom is -0.451 e. The van der Waals surface area contributed by atoms with E-state index in [9.17, 15) is 0 Å². The molecule has 3 rings (SSSR count). The molecule has 2 fully saturated rings. The second-order valence-electron chi connectivity index (χ2n) is 4.53. The van der Waals surface area contributed by atoms with Gasteiger partial charge in [0.25, 0.3) is 0 Å². The number of halogens is 1. The molecule has 0 aromatic carbocycles. The van der Waals surface area contributed by atoms with Gasteiger partial charge in [0.2, 0.25) is 0 Å². The first-order chi connectivity index (χ1) is 7.43. The molecule has 1 aliphatic carbocycles. The molecular formula is C11H18ClN3O. The van der Waals surface area contributed by atoms with Crippen molar-refractivity contribution < 1.29 is 4.42 Å². The third kappa shape index (κ3) is 2.56. The van der Waals surface area contributed by atoms with E-state index in [2.05, 4.69) is 15.2 Å². The van der Waals surface area contributed by atoms with E-state index in [1.807, 2.05) is 0 Å². The van der Waals surface area contributed by atoms with Crippen LogP contribution in [0.3, 0.4) is 0 Å². The lowest BCUT2D eigenvalue weighted by atomic mass is 10.2. The Bertz CT molecular complexity index is 307. The molecule has 0 spiro atoms. The fraction of sp³-hybridized carbons (Fsp3) is 0.727. The van der Waals surface area contributed by atoms with Crippen molar-refractivity contribution in [2.45, 2.75) is 37.9 Å². The van der Waals surface area contributed by atoms with Gasteiger partial charge in [0.1, 0.15) is 6.26 Å². The van der Waals surface area contributed by atoms with Gasteiger partial charge in [-0.25, -0.2) is 4.98 Å². The second kappa shape index (κ2) is 5.17. The second-order valence-corrected chi connectivity index (χ2v) is 4.53. The van der Waals surface area contributed by atoms with Crippen molar-refractivity contribution in [3.05, 3.63) is 18.4 Å². The van der Waals surface area contributed by atoms with Crippen molar-refractivity contribution in [3.8, 4) is 0 Å². The van der Waals surface area contributed by atoms with Crippen molar-refractivity contribution in [1.82, 2.24) is 15.2 Å². The quantitative estimate of drug-likeness (QED) is 0.869. The first kappa shape index (κ1) is 11.9. The third-order valence-corrected chi connectivity index (χ3v) is 3.35. The maximum Gasteiger partial charge on any atom is 0.180 e. The van der Waals surface area contributed by atoms with Crippen LogP contribution in [0.1, 0.15) is 25.0 Å². The molecule has 90 valence electrons. The predicted molar refractivity (Wildman–Crippen MR) is 63.6 cm³/mol. The lowest BCUT2D eigenvalue weighted by Gasteiger charge is -2.27. The number of hydrogen-bond donors (Lipinski definition) is 1. The van der Waals surface area contributed by atoms with Crippen LogP contribution in [0.2, 0.25) is 0 Å². The van der Waals surface area contributed by atoms with E-state index >= 15 is 0 Å². The van der Waals surface area contributed by atoms with Gasteiger partial charge in [-0.15, -0.1) is 12.4 Å². The Hall–Kier alpha value is -0.580. The van der Waals surface area contributed by atoms with E-state index in [0.29, 0.717) is 6.04 Å². The monoisotopic (exact) mass is 243 g/mol. The van der Waals surface area contributed by atoms with Crippen LogP contribution < -0.4 is 5.32 Å². The molecule has 1 aliphatic heterocycles. The zero-order chi connectivity index (χ0) is 10.1. The largest absolute Gasteiger partial charge is 0.451 e. The van der Waals surface area contributed by atoms with Crippen LogP contribution in [-0.2, 0) is 6.54 Å². The molecule has 0 bridgehead atoms. The molecule has 0 radical (unpaired) electrons. The fourth-order valence-corrected chi connectivity index (χ4v) is 2.39. The molecule has 5 heteroatoms. The molecule has 2 heterocycles. The average Bonchev–Trinajstić information content (AvgIpc) is 2.78. The van der Waals surface area contributed by atoms with Crippen LogP contribution in [-0.4, -0.2) is 35.1 Å². The van der Waals surface area contributed by atoms with Gasteiger partial charge in [-0.2, -0.15) is 0 Å². The van der Waals surface area contributed by atoms with Gasteiger partial charge in [-0.1, -0.05) is 0 Å². The smallest absolute Gasteiger partial charge is 0.180 e. The van der Waals surface area contributed by atoms with Crippen LogP contribution in [0.15, 0.2) is 17.1 Å². The first-order valence-corrected chi connectivity index (χ1v) is 5.77. The standard InChI is InChI=1S/C11H17N3O.ClH/c1-2-10(1)14(11-3-4-12-5-11)6-9-7-15-8-13-9;/h7-8,10-12H,1-6H2;1H. The Labute approximate surface area is 102 Å². The van der Waals surface area contributed by atoms with E-state index in [1.165, 1.54) is 25.7 Å².